The lowest BCUT2D eigenvalue weighted by molar-refractivity contribution is 0.0618. The number of nitrogens with zero attached hydrogens (tertiary/aromatic N) is 3. The van der Waals surface area contributed by atoms with Gasteiger partial charge in [-0.1, -0.05) is 42.5 Å². The van der Waals surface area contributed by atoms with Gasteiger partial charge in [-0.05, 0) is 35.9 Å². The predicted molar refractivity (Wildman–Crippen MR) is 139 cm³/mol. The molecule has 0 spiro atoms. The predicted octanol–water partition coefficient (Wildman–Crippen LogP) is 3.93. The maximum absolute atomic E-state index is 13.5. The molecule has 7 heteroatoms. The Kier molecular flexibility index (Phi) is 8.23. The highest BCUT2D eigenvalue weighted by Crippen LogP contribution is 2.26. The Morgan fingerprint density at radius 2 is 1.50 bits per heavy atom. The summed E-state index contributed by atoms with van der Waals surface area (Å²) >= 11 is 0. The van der Waals surface area contributed by atoms with Crippen molar-refractivity contribution in [1.29, 1.82) is 0 Å². The van der Waals surface area contributed by atoms with Crippen molar-refractivity contribution in [2.24, 2.45) is 0 Å². The second kappa shape index (κ2) is 11.7. The average Bonchev–Trinajstić information content (AvgIpc) is 2.93. The van der Waals surface area contributed by atoms with Crippen molar-refractivity contribution in [2.45, 2.75) is 13.1 Å². The molecule has 3 aromatic rings. The smallest absolute Gasteiger partial charge is 0.254 e. The number of carbonyl (C=O) groups excluding carboxylic acids is 2. The Labute approximate surface area is 212 Å². The SMILES string of the molecule is COc1ccc(OC)c(CN2CCN(C(=O)c3ccccc3C(=O)N(C)Cc3ccccc3)CC2)c1. The summed E-state index contributed by atoms with van der Waals surface area (Å²) in [6.07, 6.45) is 0. The number of methoxy groups -OCH3 is 2. The highest BCUT2D eigenvalue weighted by atomic mass is 16.5. The quantitative estimate of drug-likeness (QED) is 0.482. The van der Waals surface area contributed by atoms with Crippen molar-refractivity contribution in [3.05, 3.63) is 95.1 Å². The third-order valence-electron chi connectivity index (χ3n) is 6.54. The van der Waals surface area contributed by atoms with Crippen LogP contribution >= 0.6 is 0 Å². The van der Waals surface area contributed by atoms with Gasteiger partial charge >= 0.3 is 0 Å². The first-order valence-electron chi connectivity index (χ1n) is 12.1. The van der Waals surface area contributed by atoms with Crippen LogP contribution in [0.25, 0.3) is 0 Å². The van der Waals surface area contributed by atoms with E-state index in [2.05, 4.69) is 4.90 Å². The molecule has 1 fully saturated rings. The van der Waals surface area contributed by atoms with Crippen LogP contribution in [0.3, 0.4) is 0 Å². The molecule has 4 rings (SSSR count). The number of ether oxygens (including phenoxy) is 2. The Morgan fingerprint density at radius 3 is 2.17 bits per heavy atom. The lowest BCUT2D eigenvalue weighted by Crippen LogP contribution is -2.48. The lowest BCUT2D eigenvalue weighted by atomic mass is 10.0. The van der Waals surface area contributed by atoms with E-state index in [1.807, 2.05) is 59.5 Å². The Balaban J connectivity index is 1.41. The molecule has 1 saturated heterocycles. The van der Waals surface area contributed by atoms with Gasteiger partial charge < -0.3 is 19.3 Å². The molecule has 7 nitrogen and oxygen atoms in total. The summed E-state index contributed by atoms with van der Waals surface area (Å²) in [4.78, 5) is 32.5. The zero-order valence-corrected chi connectivity index (χ0v) is 21.1. The van der Waals surface area contributed by atoms with Crippen LogP contribution in [0.5, 0.6) is 11.5 Å². The third-order valence-corrected chi connectivity index (χ3v) is 6.54. The van der Waals surface area contributed by atoms with E-state index in [9.17, 15) is 9.59 Å². The topological polar surface area (TPSA) is 62.3 Å². The van der Waals surface area contributed by atoms with Gasteiger partial charge in [-0.2, -0.15) is 0 Å². The van der Waals surface area contributed by atoms with Crippen LogP contribution in [0.4, 0.5) is 0 Å². The average molecular weight is 488 g/mol. The Morgan fingerprint density at radius 1 is 0.833 bits per heavy atom. The minimum Gasteiger partial charge on any atom is -0.497 e. The number of hydrogen-bond acceptors (Lipinski definition) is 5. The number of piperazine rings is 1. The zero-order chi connectivity index (χ0) is 25.5. The number of benzene rings is 3. The van der Waals surface area contributed by atoms with Crippen molar-refractivity contribution >= 4 is 11.8 Å². The number of rotatable bonds is 8. The molecular formula is C29H33N3O4. The minimum absolute atomic E-state index is 0.106. The molecule has 0 aromatic heterocycles. The molecule has 1 aliphatic heterocycles. The van der Waals surface area contributed by atoms with Crippen LogP contribution < -0.4 is 9.47 Å². The van der Waals surface area contributed by atoms with E-state index in [-0.39, 0.29) is 11.8 Å². The molecule has 1 aliphatic rings. The first-order valence-corrected chi connectivity index (χ1v) is 12.1. The minimum atomic E-state index is -0.161. The van der Waals surface area contributed by atoms with Gasteiger partial charge in [0.2, 0.25) is 0 Å². The fourth-order valence-corrected chi connectivity index (χ4v) is 4.52. The summed E-state index contributed by atoms with van der Waals surface area (Å²) in [5.74, 6) is 1.34. The van der Waals surface area contributed by atoms with E-state index in [4.69, 9.17) is 9.47 Å². The van der Waals surface area contributed by atoms with Gasteiger partial charge in [0.25, 0.3) is 11.8 Å². The summed E-state index contributed by atoms with van der Waals surface area (Å²) in [5.41, 5.74) is 2.98. The van der Waals surface area contributed by atoms with Gasteiger partial charge in [0.1, 0.15) is 11.5 Å². The van der Waals surface area contributed by atoms with Gasteiger partial charge in [-0.25, -0.2) is 0 Å². The molecule has 0 atom stereocenters. The molecule has 1 heterocycles. The van der Waals surface area contributed by atoms with Gasteiger partial charge in [0.15, 0.2) is 0 Å². The first kappa shape index (κ1) is 25.3. The second-order valence-electron chi connectivity index (χ2n) is 8.94. The van der Waals surface area contributed by atoms with Crippen LogP contribution in [0.15, 0.2) is 72.8 Å². The molecule has 36 heavy (non-hydrogen) atoms. The Bertz CT molecular complexity index is 1190. The van der Waals surface area contributed by atoms with Crippen LogP contribution in [-0.2, 0) is 13.1 Å². The third kappa shape index (κ3) is 5.86. The van der Waals surface area contributed by atoms with Crippen LogP contribution in [-0.4, -0.2) is 74.0 Å². The maximum atomic E-state index is 13.5. The number of carbonyl (C=O) groups is 2. The molecule has 0 N–H and O–H groups in total. The van der Waals surface area contributed by atoms with Crippen molar-refractivity contribution in [3.8, 4) is 11.5 Å². The first-order chi connectivity index (χ1) is 17.5. The molecule has 0 unspecified atom stereocenters. The van der Waals surface area contributed by atoms with Gasteiger partial charge in [0.05, 0.1) is 25.3 Å². The van der Waals surface area contributed by atoms with Crippen molar-refractivity contribution < 1.29 is 19.1 Å². The highest BCUT2D eigenvalue weighted by molar-refractivity contribution is 6.07. The van der Waals surface area contributed by atoms with Crippen LogP contribution in [0, 0.1) is 0 Å². The van der Waals surface area contributed by atoms with E-state index in [1.54, 1.807) is 44.4 Å². The van der Waals surface area contributed by atoms with E-state index in [0.717, 1.165) is 35.7 Å². The molecule has 0 saturated carbocycles. The lowest BCUT2D eigenvalue weighted by Gasteiger charge is -2.35. The summed E-state index contributed by atoms with van der Waals surface area (Å²) in [7, 11) is 5.08. The van der Waals surface area contributed by atoms with Crippen molar-refractivity contribution in [2.75, 3.05) is 47.4 Å². The molecule has 188 valence electrons. The molecule has 2 amide bonds. The normalized spacial score (nSPS) is 13.8. The zero-order valence-electron chi connectivity index (χ0n) is 21.1. The van der Waals surface area contributed by atoms with Gasteiger partial charge in [-0.15, -0.1) is 0 Å². The van der Waals surface area contributed by atoms with E-state index in [1.165, 1.54) is 0 Å². The fraction of sp³-hybridized carbons (Fsp3) is 0.310. The van der Waals surface area contributed by atoms with Gasteiger partial charge in [-0.3, -0.25) is 14.5 Å². The molecular weight excluding hydrogens is 454 g/mol. The molecule has 0 radical (unpaired) electrons. The highest BCUT2D eigenvalue weighted by Gasteiger charge is 2.27. The number of amides is 2. The number of hydrogen-bond donors (Lipinski definition) is 0. The summed E-state index contributed by atoms with van der Waals surface area (Å²) in [6, 6.07) is 22.7. The summed E-state index contributed by atoms with van der Waals surface area (Å²) in [6.45, 7) is 3.84. The van der Waals surface area contributed by atoms with Crippen LogP contribution in [0.2, 0.25) is 0 Å². The van der Waals surface area contributed by atoms with Crippen molar-refractivity contribution in [3.63, 3.8) is 0 Å². The Hall–Kier alpha value is -3.84. The van der Waals surface area contributed by atoms with Crippen molar-refractivity contribution in [1.82, 2.24) is 14.7 Å². The summed E-state index contributed by atoms with van der Waals surface area (Å²) in [5, 5.41) is 0. The fourth-order valence-electron chi connectivity index (χ4n) is 4.52. The van der Waals surface area contributed by atoms with E-state index >= 15 is 0 Å². The largest absolute Gasteiger partial charge is 0.497 e. The summed E-state index contributed by atoms with van der Waals surface area (Å²) < 4.78 is 10.9. The molecule has 0 bridgehead atoms. The van der Waals surface area contributed by atoms with Gasteiger partial charge in [0, 0.05) is 51.9 Å². The maximum Gasteiger partial charge on any atom is 0.254 e. The molecule has 0 aliphatic carbocycles. The second-order valence-corrected chi connectivity index (χ2v) is 8.94. The standard InChI is InChI=1S/C29H33N3O4/c1-30(20-22-9-5-4-6-10-22)28(33)25-11-7-8-12-26(25)29(34)32-17-15-31(16-18-32)21-23-19-24(35-2)13-14-27(23)36-3/h4-14,19H,15-18,20-21H2,1-3H3. The monoisotopic (exact) mass is 487 g/mol. The van der Waals surface area contributed by atoms with Crippen LogP contribution in [0.1, 0.15) is 31.8 Å². The van der Waals surface area contributed by atoms with E-state index in [0.29, 0.717) is 37.3 Å². The molecule has 3 aromatic carbocycles. The van der Waals surface area contributed by atoms with E-state index < -0.39 is 0 Å².